The molecule has 0 atom stereocenters. The van der Waals surface area contributed by atoms with Gasteiger partial charge in [-0.3, -0.25) is 9.69 Å². The van der Waals surface area contributed by atoms with Crippen molar-refractivity contribution in [2.75, 3.05) is 18.6 Å². The number of carbonyl (C=O) groups excluding carboxylic acids is 1. The minimum Gasteiger partial charge on any atom is -0.494 e. The molecule has 1 aliphatic heterocycles. The fourth-order valence-electron chi connectivity index (χ4n) is 3.39. The highest BCUT2D eigenvalue weighted by atomic mass is 35.5. The standard InChI is InChI=1S/C26H22ClNO4S2/c1-3-31-21-13-11-20(12-14-21)28-25(29)23(34-26(28)33)15-18-5-4-6-22(30-2)24(18)32-16-17-7-9-19(27)10-8-17/h4-15H,3,16H2,1-2H3/b23-15+. The molecule has 1 amide bonds. The van der Waals surface area contributed by atoms with Gasteiger partial charge in [0.1, 0.15) is 12.4 Å². The smallest absolute Gasteiger partial charge is 0.270 e. The van der Waals surface area contributed by atoms with Crippen molar-refractivity contribution in [1.82, 2.24) is 0 Å². The first kappa shape index (κ1) is 24.1. The zero-order valence-corrected chi connectivity index (χ0v) is 21.0. The Morgan fingerprint density at radius 1 is 1.03 bits per heavy atom. The molecule has 0 aromatic heterocycles. The second-order valence-corrected chi connectivity index (χ2v) is 9.35. The van der Waals surface area contributed by atoms with Crippen LogP contribution in [-0.2, 0) is 11.4 Å². The Hall–Kier alpha value is -3.00. The monoisotopic (exact) mass is 511 g/mol. The van der Waals surface area contributed by atoms with Gasteiger partial charge in [-0.05, 0) is 61.0 Å². The average molecular weight is 512 g/mol. The van der Waals surface area contributed by atoms with Crippen LogP contribution >= 0.6 is 35.6 Å². The number of hydrogen-bond donors (Lipinski definition) is 0. The highest BCUT2D eigenvalue weighted by Gasteiger charge is 2.33. The van der Waals surface area contributed by atoms with Crippen LogP contribution in [0.3, 0.4) is 0 Å². The van der Waals surface area contributed by atoms with Gasteiger partial charge in [0.25, 0.3) is 5.91 Å². The Balaban J connectivity index is 1.60. The van der Waals surface area contributed by atoms with Crippen molar-refractivity contribution in [2.45, 2.75) is 13.5 Å². The summed E-state index contributed by atoms with van der Waals surface area (Å²) in [7, 11) is 1.58. The summed E-state index contributed by atoms with van der Waals surface area (Å²) in [4.78, 5) is 15.3. The molecule has 5 nitrogen and oxygen atoms in total. The van der Waals surface area contributed by atoms with Crippen LogP contribution in [0.4, 0.5) is 5.69 Å². The maximum Gasteiger partial charge on any atom is 0.270 e. The lowest BCUT2D eigenvalue weighted by atomic mass is 10.1. The molecule has 0 aliphatic carbocycles. The molecule has 0 saturated carbocycles. The van der Waals surface area contributed by atoms with E-state index >= 15 is 0 Å². The maximum atomic E-state index is 13.2. The van der Waals surface area contributed by atoms with E-state index in [1.807, 2.05) is 73.7 Å². The van der Waals surface area contributed by atoms with Crippen molar-refractivity contribution in [1.29, 1.82) is 0 Å². The summed E-state index contributed by atoms with van der Waals surface area (Å²) in [5.74, 6) is 1.67. The van der Waals surface area contributed by atoms with Gasteiger partial charge in [-0.2, -0.15) is 0 Å². The van der Waals surface area contributed by atoms with E-state index < -0.39 is 0 Å². The summed E-state index contributed by atoms with van der Waals surface area (Å²) < 4.78 is 17.6. The summed E-state index contributed by atoms with van der Waals surface area (Å²) in [5, 5.41) is 0.663. The first-order valence-electron chi connectivity index (χ1n) is 10.5. The predicted molar refractivity (Wildman–Crippen MR) is 142 cm³/mol. The number of hydrogen-bond acceptors (Lipinski definition) is 6. The largest absolute Gasteiger partial charge is 0.494 e. The molecule has 1 fully saturated rings. The Morgan fingerprint density at radius 2 is 1.76 bits per heavy atom. The van der Waals surface area contributed by atoms with Crippen LogP contribution in [0, 0.1) is 0 Å². The first-order chi connectivity index (χ1) is 16.5. The normalized spacial score (nSPS) is 14.6. The molecule has 0 bridgehead atoms. The second-order valence-electron chi connectivity index (χ2n) is 7.24. The number of thioether (sulfide) groups is 1. The molecule has 1 aliphatic rings. The molecule has 4 rings (SSSR count). The van der Waals surface area contributed by atoms with E-state index in [-0.39, 0.29) is 5.91 Å². The van der Waals surface area contributed by atoms with Gasteiger partial charge < -0.3 is 14.2 Å². The van der Waals surface area contributed by atoms with Gasteiger partial charge in [0.15, 0.2) is 15.8 Å². The summed E-state index contributed by atoms with van der Waals surface area (Å²) in [6.45, 7) is 2.82. The molecule has 174 valence electrons. The number of halogens is 1. The lowest BCUT2D eigenvalue weighted by Crippen LogP contribution is -2.27. The molecule has 1 saturated heterocycles. The SMILES string of the molecule is CCOc1ccc(N2C(=O)/C(=C\c3cccc(OC)c3OCc3ccc(Cl)cc3)SC2=S)cc1. The number of anilines is 1. The molecular formula is C26H22ClNO4S2. The van der Waals surface area contributed by atoms with E-state index in [1.54, 1.807) is 13.2 Å². The zero-order valence-electron chi connectivity index (χ0n) is 18.6. The van der Waals surface area contributed by atoms with E-state index in [2.05, 4.69) is 0 Å². The van der Waals surface area contributed by atoms with Crippen molar-refractivity contribution >= 4 is 57.6 Å². The number of carbonyl (C=O) groups is 1. The van der Waals surface area contributed by atoms with Crippen LogP contribution in [0.5, 0.6) is 17.2 Å². The number of thiocarbonyl (C=S) groups is 1. The van der Waals surface area contributed by atoms with Crippen LogP contribution in [0.2, 0.25) is 5.02 Å². The van der Waals surface area contributed by atoms with Crippen LogP contribution in [-0.4, -0.2) is 23.9 Å². The predicted octanol–water partition coefficient (Wildman–Crippen LogP) is 6.73. The lowest BCUT2D eigenvalue weighted by molar-refractivity contribution is -0.113. The first-order valence-corrected chi connectivity index (χ1v) is 12.2. The van der Waals surface area contributed by atoms with Crippen LogP contribution in [0.25, 0.3) is 6.08 Å². The third kappa shape index (κ3) is 5.38. The fourth-order valence-corrected chi connectivity index (χ4v) is 4.80. The summed E-state index contributed by atoms with van der Waals surface area (Å²) in [6.07, 6.45) is 1.79. The molecular weight excluding hydrogens is 490 g/mol. The molecule has 8 heteroatoms. The van der Waals surface area contributed by atoms with E-state index in [0.29, 0.717) is 44.6 Å². The summed E-state index contributed by atoms with van der Waals surface area (Å²) >= 11 is 12.7. The van der Waals surface area contributed by atoms with Gasteiger partial charge in [-0.15, -0.1) is 0 Å². The minimum absolute atomic E-state index is 0.189. The Morgan fingerprint density at radius 3 is 2.44 bits per heavy atom. The fraction of sp³-hybridized carbons (Fsp3) is 0.154. The number of nitrogens with zero attached hydrogens (tertiary/aromatic N) is 1. The van der Waals surface area contributed by atoms with Gasteiger partial charge in [0.05, 0.1) is 24.3 Å². The maximum absolute atomic E-state index is 13.2. The zero-order chi connectivity index (χ0) is 24.1. The summed E-state index contributed by atoms with van der Waals surface area (Å²) in [5.41, 5.74) is 2.38. The van der Waals surface area contributed by atoms with E-state index in [1.165, 1.54) is 16.7 Å². The highest BCUT2D eigenvalue weighted by molar-refractivity contribution is 8.27. The van der Waals surface area contributed by atoms with Crippen molar-refractivity contribution in [2.24, 2.45) is 0 Å². The molecule has 34 heavy (non-hydrogen) atoms. The molecule has 1 heterocycles. The molecule has 0 unspecified atom stereocenters. The Labute approximate surface area is 213 Å². The van der Waals surface area contributed by atoms with Gasteiger partial charge in [-0.25, -0.2) is 0 Å². The number of methoxy groups -OCH3 is 1. The van der Waals surface area contributed by atoms with Crippen molar-refractivity contribution < 1.29 is 19.0 Å². The number of rotatable bonds is 8. The second kappa shape index (κ2) is 11.0. The molecule has 0 N–H and O–H groups in total. The highest BCUT2D eigenvalue weighted by Crippen LogP contribution is 2.39. The van der Waals surface area contributed by atoms with Crippen LogP contribution in [0.15, 0.2) is 71.6 Å². The quantitative estimate of drug-likeness (QED) is 0.247. The summed E-state index contributed by atoms with van der Waals surface area (Å²) in [6, 6.07) is 20.3. The van der Waals surface area contributed by atoms with Crippen molar-refractivity contribution in [3.63, 3.8) is 0 Å². The third-order valence-corrected chi connectivity index (χ3v) is 6.57. The molecule has 3 aromatic rings. The van der Waals surface area contributed by atoms with E-state index in [9.17, 15) is 4.79 Å². The van der Waals surface area contributed by atoms with Crippen molar-refractivity contribution in [3.05, 3.63) is 87.8 Å². The van der Waals surface area contributed by atoms with E-state index in [4.69, 9.17) is 38.0 Å². The van der Waals surface area contributed by atoms with Crippen molar-refractivity contribution in [3.8, 4) is 17.2 Å². The molecule has 3 aromatic carbocycles. The Kier molecular flexibility index (Phi) is 7.77. The number of benzene rings is 3. The topological polar surface area (TPSA) is 48.0 Å². The van der Waals surface area contributed by atoms with Gasteiger partial charge >= 0.3 is 0 Å². The third-order valence-electron chi connectivity index (χ3n) is 5.01. The Bertz CT molecular complexity index is 1230. The molecule has 0 spiro atoms. The number of amides is 1. The minimum atomic E-state index is -0.189. The van der Waals surface area contributed by atoms with E-state index in [0.717, 1.165) is 16.9 Å². The average Bonchev–Trinajstić information content (AvgIpc) is 3.12. The lowest BCUT2D eigenvalue weighted by Gasteiger charge is -2.15. The van der Waals surface area contributed by atoms with Crippen LogP contribution < -0.4 is 19.1 Å². The number of para-hydroxylation sites is 1. The van der Waals surface area contributed by atoms with Crippen LogP contribution in [0.1, 0.15) is 18.1 Å². The number of ether oxygens (including phenoxy) is 3. The van der Waals surface area contributed by atoms with Gasteiger partial charge in [0.2, 0.25) is 0 Å². The van der Waals surface area contributed by atoms with Gasteiger partial charge in [-0.1, -0.05) is 59.8 Å². The van der Waals surface area contributed by atoms with Gasteiger partial charge in [0, 0.05) is 10.6 Å². The molecule has 0 radical (unpaired) electrons.